The molecule has 1 aromatic rings. The van der Waals surface area contributed by atoms with Crippen molar-refractivity contribution in [3.05, 3.63) is 34.4 Å². The van der Waals surface area contributed by atoms with E-state index in [0.717, 1.165) is 12.8 Å². The maximum Gasteiger partial charge on any atom is 0.303 e. The molecule has 1 heterocycles. The van der Waals surface area contributed by atoms with Gasteiger partial charge in [-0.15, -0.1) is 0 Å². The normalized spacial score (nSPS) is 18.6. The summed E-state index contributed by atoms with van der Waals surface area (Å²) in [6, 6.07) is 5.77. The summed E-state index contributed by atoms with van der Waals surface area (Å²) in [6.45, 7) is 0. The highest BCUT2D eigenvalue weighted by Gasteiger charge is 2.29. The minimum Gasteiger partial charge on any atom is -0.481 e. The van der Waals surface area contributed by atoms with Crippen molar-refractivity contribution in [3.63, 3.8) is 0 Å². The van der Waals surface area contributed by atoms with Gasteiger partial charge in [-0.05, 0) is 25.0 Å². The fourth-order valence-corrected chi connectivity index (χ4v) is 3.23. The van der Waals surface area contributed by atoms with E-state index in [4.69, 9.17) is 5.11 Å². The number of aliphatic imine (C=N–C) groups is 1. The quantitative estimate of drug-likeness (QED) is 0.422. The van der Waals surface area contributed by atoms with E-state index in [0.29, 0.717) is 23.7 Å². The summed E-state index contributed by atoms with van der Waals surface area (Å²) in [5.74, 6) is -0.917. The zero-order chi connectivity index (χ0) is 17.5. The van der Waals surface area contributed by atoms with Crippen LogP contribution in [0.2, 0.25) is 0 Å². The van der Waals surface area contributed by atoms with Crippen LogP contribution in [0.5, 0.6) is 0 Å². The van der Waals surface area contributed by atoms with Gasteiger partial charge in [-0.2, -0.15) is 0 Å². The number of nitrogens with zero attached hydrogens (tertiary/aromatic N) is 2. The lowest BCUT2D eigenvalue weighted by Gasteiger charge is -2.04. The van der Waals surface area contributed by atoms with Gasteiger partial charge in [0.05, 0.1) is 15.9 Å². The first-order valence-corrected chi connectivity index (χ1v) is 8.36. The second kappa shape index (κ2) is 8.44. The topological polar surface area (TPSA) is 122 Å². The molecule has 1 unspecified atom stereocenters. The zero-order valence-electron chi connectivity index (χ0n) is 12.8. The average molecular weight is 351 g/mol. The summed E-state index contributed by atoms with van der Waals surface area (Å²) in [7, 11) is 0. The highest BCUT2D eigenvalue weighted by molar-refractivity contribution is 8.15. The maximum atomic E-state index is 11.9. The Morgan fingerprint density at radius 1 is 1.29 bits per heavy atom. The summed E-state index contributed by atoms with van der Waals surface area (Å²) < 4.78 is 0. The van der Waals surface area contributed by atoms with Crippen molar-refractivity contribution >= 4 is 40.2 Å². The molecule has 1 aromatic carbocycles. The lowest BCUT2D eigenvalue weighted by Crippen LogP contribution is -2.24. The van der Waals surface area contributed by atoms with Crippen LogP contribution in [0, 0.1) is 10.1 Å². The van der Waals surface area contributed by atoms with Crippen LogP contribution in [0.4, 0.5) is 11.4 Å². The van der Waals surface area contributed by atoms with Crippen molar-refractivity contribution < 1.29 is 19.6 Å². The molecule has 24 heavy (non-hydrogen) atoms. The van der Waals surface area contributed by atoms with Crippen molar-refractivity contribution in [3.8, 4) is 0 Å². The second-order valence-electron chi connectivity index (χ2n) is 5.28. The molecule has 1 amide bonds. The van der Waals surface area contributed by atoms with Crippen LogP contribution in [0.1, 0.15) is 32.1 Å². The first-order valence-electron chi connectivity index (χ1n) is 7.48. The summed E-state index contributed by atoms with van der Waals surface area (Å²) in [6.07, 6.45) is 2.97. The summed E-state index contributed by atoms with van der Waals surface area (Å²) in [4.78, 5) is 36.7. The second-order valence-corrected chi connectivity index (χ2v) is 6.47. The number of aliphatic carboxylic acids is 1. The van der Waals surface area contributed by atoms with E-state index < -0.39 is 10.9 Å². The predicted molar refractivity (Wildman–Crippen MR) is 90.4 cm³/mol. The Morgan fingerprint density at radius 3 is 2.62 bits per heavy atom. The molecule has 1 saturated heterocycles. The molecule has 1 aliphatic rings. The minimum absolute atomic E-state index is 0.0127. The number of hydrogen-bond donors (Lipinski definition) is 2. The number of hydrogen-bond acceptors (Lipinski definition) is 6. The minimum atomic E-state index is -0.805. The third-order valence-electron chi connectivity index (χ3n) is 3.42. The van der Waals surface area contributed by atoms with Crippen LogP contribution >= 0.6 is 11.8 Å². The number of amidine groups is 1. The van der Waals surface area contributed by atoms with E-state index in [1.165, 1.54) is 36.0 Å². The predicted octanol–water partition coefficient (Wildman–Crippen LogP) is 2.85. The smallest absolute Gasteiger partial charge is 0.303 e. The molecule has 0 aromatic heterocycles. The molecule has 1 aliphatic heterocycles. The number of nitro benzene ring substituents is 1. The Labute approximate surface area is 142 Å². The molecule has 128 valence electrons. The Balaban J connectivity index is 1.84. The fourth-order valence-electron chi connectivity index (χ4n) is 2.20. The van der Waals surface area contributed by atoms with Gasteiger partial charge in [-0.1, -0.05) is 24.6 Å². The first-order chi connectivity index (χ1) is 11.5. The van der Waals surface area contributed by atoms with Crippen LogP contribution in [-0.4, -0.2) is 32.3 Å². The Kier molecular flexibility index (Phi) is 6.30. The van der Waals surface area contributed by atoms with E-state index in [9.17, 15) is 19.7 Å². The van der Waals surface area contributed by atoms with Crippen molar-refractivity contribution in [2.45, 2.75) is 37.4 Å². The fraction of sp³-hybridized carbons (Fsp3) is 0.400. The van der Waals surface area contributed by atoms with Gasteiger partial charge in [0.25, 0.3) is 5.69 Å². The molecule has 0 aliphatic carbocycles. The number of carbonyl (C=O) groups is 2. The van der Waals surface area contributed by atoms with E-state index in [2.05, 4.69) is 10.3 Å². The van der Waals surface area contributed by atoms with Gasteiger partial charge >= 0.3 is 5.97 Å². The first kappa shape index (κ1) is 17.9. The number of amides is 1. The Hall–Kier alpha value is -2.42. The summed E-state index contributed by atoms with van der Waals surface area (Å²) >= 11 is 1.33. The van der Waals surface area contributed by atoms with E-state index in [-0.39, 0.29) is 23.3 Å². The van der Waals surface area contributed by atoms with Crippen LogP contribution in [0.15, 0.2) is 29.3 Å². The number of carboxylic acids is 1. The number of nitrogens with one attached hydrogen (secondary N) is 1. The average Bonchev–Trinajstić information content (AvgIpc) is 2.87. The van der Waals surface area contributed by atoms with Gasteiger partial charge in [0, 0.05) is 18.6 Å². The maximum absolute atomic E-state index is 11.9. The number of non-ortho nitro benzene ring substituents is 1. The molecular weight excluding hydrogens is 334 g/mol. The van der Waals surface area contributed by atoms with Crippen molar-refractivity contribution in [1.82, 2.24) is 5.32 Å². The zero-order valence-corrected chi connectivity index (χ0v) is 13.6. The number of carbonyl (C=O) groups excluding carboxylic acids is 1. The standard InChI is InChI=1S/C15H17N3O5S/c19-13(20)5-3-1-2-4-12-14(21)17-15(24-12)16-10-6-8-11(9-7-10)18(22)23/h6-9,12H,1-5H2,(H,19,20)(H,16,17,21). The van der Waals surface area contributed by atoms with Crippen LogP contribution in [0.3, 0.4) is 0 Å². The summed E-state index contributed by atoms with van der Waals surface area (Å²) in [5, 5.41) is 22.1. The molecule has 9 heteroatoms. The van der Waals surface area contributed by atoms with Gasteiger partial charge in [0.1, 0.15) is 0 Å². The van der Waals surface area contributed by atoms with Crippen molar-refractivity contribution in [1.29, 1.82) is 0 Å². The van der Waals surface area contributed by atoms with Gasteiger partial charge in [-0.3, -0.25) is 19.7 Å². The lowest BCUT2D eigenvalue weighted by atomic mass is 10.1. The van der Waals surface area contributed by atoms with Crippen molar-refractivity contribution in [2.24, 2.45) is 4.99 Å². The number of thioether (sulfide) groups is 1. The molecule has 2 rings (SSSR count). The highest BCUT2D eigenvalue weighted by atomic mass is 32.2. The molecule has 0 radical (unpaired) electrons. The number of rotatable bonds is 8. The number of benzene rings is 1. The molecule has 8 nitrogen and oxygen atoms in total. The van der Waals surface area contributed by atoms with Gasteiger partial charge in [-0.25, -0.2) is 4.99 Å². The van der Waals surface area contributed by atoms with E-state index in [1.54, 1.807) is 0 Å². The number of carboxylic acid groups (broad SMARTS) is 1. The van der Waals surface area contributed by atoms with Crippen molar-refractivity contribution in [2.75, 3.05) is 0 Å². The lowest BCUT2D eigenvalue weighted by molar-refractivity contribution is -0.384. The van der Waals surface area contributed by atoms with E-state index in [1.807, 2.05) is 0 Å². The monoisotopic (exact) mass is 351 g/mol. The van der Waals surface area contributed by atoms with Gasteiger partial charge < -0.3 is 10.4 Å². The molecule has 2 N–H and O–H groups in total. The van der Waals surface area contributed by atoms with E-state index >= 15 is 0 Å². The Morgan fingerprint density at radius 2 is 2.00 bits per heavy atom. The third kappa shape index (κ3) is 5.34. The largest absolute Gasteiger partial charge is 0.481 e. The third-order valence-corrected chi connectivity index (χ3v) is 4.58. The SMILES string of the molecule is O=C(O)CCCCCC1SC(=Nc2ccc([N+](=O)[O-])cc2)NC1=O. The number of unbranched alkanes of at least 4 members (excludes halogenated alkanes) is 2. The molecular formula is C15H17N3O5S. The van der Waals surface area contributed by atoms with Crippen LogP contribution in [-0.2, 0) is 9.59 Å². The molecule has 0 bridgehead atoms. The van der Waals surface area contributed by atoms with Gasteiger partial charge in [0.15, 0.2) is 5.17 Å². The highest BCUT2D eigenvalue weighted by Crippen LogP contribution is 2.27. The molecule has 1 atom stereocenters. The number of nitro groups is 1. The van der Waals surface area contributed by atoms with Crippen LogP contribution in [0.25, 0.3) is 0 Å². The molecule has 1 fully saturated rings. The summed E-state index contributed by atoms with van der Waals surface area (Å²) in [5.41, 5.74) is 0.520. The van der Waals surface area contributed by atoms with Crippen LogP contribution < -0.4 is 5.32 Å². The molecule has 0 spiro atoms. The van der Waals surface area contributed by atoms with Gasteiger partial charge in [0.2, 0.25) is 5.91 Å². The Bertz CT molecular complexity index is 660. The molecule has 0 saturated carbocycles.